The van der Waals surface area contributed by atoms with Crippen LogP contribution in [0.5, 0.6) is 0 Å². The molecule has 7 heteroatoms. The Morgan fingerprint density at radius 3 is 2.72 bits per heavy atom. The van der Waals surface area contributed by atoms with Gasteiger partial charge in [-0.3, -0.25) is 9.59 Å². The molecule has 0 saturated carbocycles. The van der Waals surface area contributed by atoms with Crippen LogP contribution in [-0.4, -0.2) is 52.8 Å². The molecule has 152 valence electrons. The van der Waals surface area contributed by atoms with Gasteiger partial charge in [-0.1, -0.05) is 12.5 Å². The molecule has 4 rings (SSSR count). The first kappa shape index (κ1) is 19.7. The summed E-state index contributed by atoms with van der Waals surface area (Å²) in [5.74, 6) is -0.769. The van der Waals surface area contributed by atoms with E-state index in [0.29, 0.717) is 12.3 Å². The summed E-state index contributed by atoms with van der Waals surface area (Å²) >= 11 is 1.48. The van der Waals surface area contributed by atoms with Gasteiger partial charge in [0, 0.05) is 18.0 Å². The zero-order valence-corrected chi connectivity index (χ0v) is 16.9. The number of aliphatic hydroxyl groups is 1. The Labute approximate surface area is 173 Å². The zero-order valence-electron chi connectivity index (χ0n) is 16.1. The fraction of sp³-hybridized carbons (Fsp3) is 0.364. The summed E-state index contributed by atoms with van der Waals surface area (Å²) < 4.78 is 5.22. The molecule has 1 unspecified atom stereocenters. The molecule has 0 spiro atoms. The Morgan fingerprint density at radius 1 is 1.21 bits per heavy atom. The second kappa shape index (κ2) is 8.80. The Morgan fingerprint density at radius 2 is 2.03 bits per heavy atom. The highest BCUT2D eigenvalue weighted by Gasteiger charge is 2.43. The van der Waals surface area contributed by atoms with Crippen molar-refractivity contribution in [2.45, 2.75) is 25.3 Å². The predicted octanol–water partition coefficient (Wildman–Crippen LogP) is 3.80. The third-order valence-electron chi connectivity index (χ3n) is 5.43. The van der Waals surface area contributed by atoms with E-state index >= 15 is 0 Å². The molecule has 1 amide bonds. The number of rotatable bonds is 7. The van der Waals surface area contributed by atoms with E-state index in [1.54, 1.807) is 23.1 Å². The van der Waals surface area contributed by atoms with Gasteiger partial charge in [-0.15, -0.1) is 11.3 Å². The Balaban J connectivity index is 1.57. The van der Waals surface area contributed by atoms with E-state index in [0.717, 1.165) is 24.5 Å². The maximum Gasteiger partial charge on any atom is 0.290 e. The van der Waals surface area contributed by atoms with E-state index in [-0.39, 0.29) is 11.4 Å². The first-order valence-corrected chi connectivity index (χ1v) is 10.8. The molecule has 0 bridgehead atoms. The highest BCUT2D eigenvalue weighted by molar-refractivity contribution is 7.10. The number of aliphatic hydroxyl groups excluding tert-OH is 1. The molecule has 0 radical (unpaired) electrons. The quantitative estimate of drug-likeness (QED) is 0.700. The van der Waals surface area contributed by atoms with Gasteiger partial charge in [-0.25, -0.2) is 0 Å². The van der Waals surface area contributed by atoms with Crippen LogP contribution in [0.1, 0.15) is 35.9 Å². The zero-order chi connectivity index (χ0) is 20.2. The Bertz CT molecular complexity index is 909. The van der Waals surface area contributed by atoms with Crippen LogP contribution in [0.3, 0.4) is 0 Å². The monoisotopic (exact) mass is 412 g/mol. The average molecular weight is 413 g/mol. The number of carbonyl (C=O) groups is 2. The minimum absolute atomic E-state index is 0.138. The molecule has 0 aromatic carbocycles. The van der Waals surface area contributed by atoms with Crippen molar-refractivity contribution in [2.75, 3.05) is 26.2 Å². The van der Waals surface area contributed by atoms with Crippen molar-refractivity contribution in [3.8, 4) is 0 Å². The fourth-order valence-corrected chi connectivity index (χ4v) is 4.79. The number of nitrogens with zero attached hydrogens (tertiary/aromatic N) is 2. The van der Waals surface area contributed by atoms with Gasteiger partial charge in [0.25, 0.3) is 5.91 Å². The molecule has 6 nitrogen and oxygen atoms in total. The van der Waals surface area contributed by atoms with Crippen LogP contribution in [0.25, 0.3) is 6.08 Å². The van der Waals surface area contributed by atoms with Crippen LogP contribution in [0.15, 0.2) is 57.7 Å². The van der Waals surface area contributed by atoms with E-state index < -0.39 is 17.7 Å². The van der Waals surface area contributed by atoms with Crippen molar-refractivity contribution in [1.82, 2.24) is 9.80 Å². The standard InChI is InChI=1S/C22H24N2O4S/c25-17(9-8-16-6-4-14-28-16)19-20(18-7-5-15-29-18)24(22(27)21(19)26)13-12-23-10-2-1-3-11-23/h4-9,14-15,20,26H,1-3,10-13H2/b9-8+. The smallest absolute Gasteiger partial charge is 0.290 e. The molecule has 1 fully saturated rings. The van der Waals surface area contributed by atoms with E-state index in [1.165, 1.54) is 42.9 Å². The van der Waals surface area contributed by atoms with Gasteiger partial charge < -0.3 is 19.3 Å². The van der Waals surface area contributed by atoms with Crippen molar-refractivity contribution in [3.63, 3.8) is 0 Å². The van der Waals surface area contributed by atoms with Crippen LogP contribution in [-0.2, 0) is 9.59 Å². The van der Waals surface area contributed by atoms with Crippen molar-refractivity contribution < 1.29 is 19.1 Å². The van der Waals surface area contributed by atoms with Gasteiger partial charge in [0.2, 0.25) is 0 Å². The minimum Gasteiger partial charge on any atom is -0.503 e. The number of hydrogen-bond donors (Lipinski definition) is 1. The maximum absolute atomic E-state index is 12.9. The average Bonchev–Trinajstić information content (AvgIpc) is 3.49. The van der Waals surface area contributed by atoms with Crippen LogP contribution in [0.4, 0.5) is 0 Å². The van der Waals surface area contributed by atoms with Crippen molar-refractivity contribution in [1.29, 1.82) is 0 Å². The molecule has 1 saturated heterocycles. The summed E-state index contributed by atoms with van der Waals surface area (Å²) in [5.41, 5.74) is 0.138. The lowest BCUT2D eigenvalue weighted by atomic mass is 10.0. The molecule has 2 aromatic heterocycles. The number of allylic oxidation sites excluding steroid dienone is 1. The second-order valence-electron chi connectivity index (χ2n) is 7.29. The van der Waals surface area contributed by atoms with E-state index in [4.69, 9.17) is 4.42 Å². The van der Waals surface area contributed by atoms with Crippen LogP contribution < -0.4 is 0 Å². The number of hydrogen-bond acceptors (Lipinski definition) is 6. The molecule has 2 aliphatic heterocycles. The third kappa shape index (κ3) is 4.21. The minimum atomic E-state index is -0.555. The second-order valence-corrected chi connectivity index (χ2v) is 8.27. The number of furan rings is 1. The summed E-state index contributed by atoms with van der Waals surface area (Å²) in [6, 6.07) is 6.71. The molecular weight excluding hydrogens is 388 g/mol. The van der Waals surface area contributed by atoms with Gasteiger partial charge >= 0.3 is 0 Å². The van der Waals surface area contributed by atoms with Crippen LogP contribution >= 0.6 is 11.3 Å². The SMILES string of the molecule is O=C(/C=C/c1ccco1)C1=C(O)C(=O)N(CCN2CCCCC2)C1c1cccs1. The highest BCUT2D eigenvalue weighted by atomic mass is 32.1. The number of likely N-dealkylation sites (tertiary alicyclic amines) is 1. The number of thiophene rings is 1. The molecule has 4 heterocycles. The fourth-order valence-electron chi connectivity index (χ4n) is 3.94. The number of ketones is 1. The number of piperidine rings is 1. The lowest BCUT2D eigenvalue weighted by molar-refractivity contribution is -0.129. The van der Waals surface area contributed by atoms with Gasteiger partial charge in [0.15, 0.2) is 11.5 Å². The first-order chi connectivity index (χ1) is 14.1. The van der Waals surface area contributed by atoms with Gasteiger partial charge in [0.1, 0.15) is 5.76 Å². The molecule has 29 heavy (non-hydrogen) atoms. The largest absolute Gasteiger partial charge is 0.503 e. The van der Waals surface area contributed by atoms with E-state index in [1.807, 2.05) is 17.5 Å². The number of amides is 1. The lowest BCUT2D eigenvalue weighted by Crippen LogP contribution is -2.40. The van der Waals surface area contributed by atoms with Crippen LogP contribution in [0.2, 0.25) is 0 Å². The molecule has 1 N–H and O–H groups in total. The van der Waals surface area contributed by atoms with E-state index in [9.17, 15) is 14.7 Å². The van der Waals surface area contributed by atoms with Crippen molar-refractivity contribution in [3.05, 3.63) is 64.0 Å². The van der Waals surface area contributed by atoms with Crippen molar-refractivity contribution >= 4 is 29.1 Å². The van der Waals surface area contributed by atoms with Gasteiger partial charge in [-0.05, 0) is 61.7 Å². The summed E-state index contributed by atoms with van der Waals surface area (Å²) in [6.45, 7) is 3.28. The summed E-state index contributed by atoms with van der Waals surface area (Å²) in [4.78, 5) is 30.6. The molecule has 2 aromatic rings. The van der Waals surface area contributed by atoms with Crippen molar-refractivity contribution in [2.24, 2.45) is 0 Å². The maximum atomic E-state index is 12.9. The summed E-state index contributed by atoms with van der Waals surface area (Å²) in [5, 5.41) is 12.5. The predicted molar refractivity (Wildman–Crippen MR) is 111 cm³/mol. The van der Waals surface area contributed by atoms with Gasteiger partial charge in [-0.2, -0.15) is 0 Å². The molecule has 0 aliphatic carbocycles. The van der Waals surface area contributed by atoms with Gasteiger partial charge in [0.05, 0.1) is 17.9 Å². The Hall–Kier alpha value is -2.64. The summed E-state index contributed by atoms with van der Waals surface area (Å²) in [6.07, 6.45) is 8.03. The topological polar surface area (TPSA) is 74.0 Å². The van der Waals surface area contributed by atoms with E-state index in [2.05, 4.69) is 4.90 Å². The summed E-state index contributed by atoms with van der Waals surface area (Å²) in [7, 11) is 0. The highest BCUT2D eigenvalue weighted by Crippen LogP contribution is 2.39. The number of carbonyl (C=O) groups excluding carboxylic acids is 2. The molecule has 1 atom stereocenters. The first-order valence-electron chi connectivity index (χ1n) is 9.91. The van der Waals surface area contributed by atoms with Crippen LogP contribution in [0, 0.1) is 0 Å². The molecule has 2 aliphatic rings. The third-order valence-corrected chi connectivity index (χ3v) is 6.35. The normalized spacial score (nSPS) is 20.9. The Kier molecular flexibility index (Phi) is 5.97. The lowest BCUT2D eigenvalue weighted by Gasteiger charge is -2.31. The molecular formula is C22H24N2O4S.